The molecule has 1 fully saturated rings. The van der Waals surface area contributed by atoms with Gasteiger partial charge >= 0.3 is 0 Å². The average molecular weight is 226 g/mol. The van der Waals surface area contributed by atoms with Crippen molar-refractivity contribution in [2.75, 3.05) is 19.6 Å². The largest absolute Gasteiger partial charge is 0.329 e. The first-order valence-electron chi connectivity index (χ1n) is 7.03. The molecule has 2 N–H and O–H groups in total. The molecule has 0 aromatic rings. The second kappa shape index (κ2) is 6.02. The quantitative estimate of drug-likeness (QED) is 0.754. The summed E-state index contributed by atoms with van der Waals surface area (Å²) in [5, 5.41) is 0. The van der Waals surface area contributed by atoms with Crippen molar-refractivity contribution < 1.29 is 0 Å². The van der Waals surface area contributed by atoms with Crippen LogP contribution in [0.15, 0.2) is 0 Å². The van der Waals surface area contributed by atoms with Crippen molar-refractivity contribution in [2.45, 2.75) is 58.9 Å². The zero-order chi connectivity index (χ0) is 12.2. The fraction of sp³-hybridized carbons (Fsp3) is 1.00. The summed E-state index contributed by atoms with van der Waals surface area (Å²) in [5.41, 5.74) is 6.42. The summed E-state index contributed by atoms with van der Waals surface area (Å²) >= 11 is 0. The maximum absolute atomic E-state index is 6.10. The van der Waals surface area contributed by atoms with E-state index in [1.165, 1.54) is 32.2 Å². The highest BCUT2D eigenvalue weighted by Crippen LogP contribution is 2.40. The molecule has 0 saturated heterocycles. The lowest BCUT2D eigenvalue weighted by atomic mass is 9.92. The van der Waals surface area contributed by atoms with E-state index in [2.05, 4.69) is 32.6 Å². The Bertz CT molecular complexity index is 203. The molecule has 0 spiro atoms. The fourth-order valence-corrected chi connectivity index (χ4v) is 3.26. The van der Waals surface area contributed by atoms with Crippen molar-refractivity contribution in [1.29, 1.82) is 0 Å². The van der Waals surface area contributed by atoms with Crippen LogP contribution in [0.25, 0.3) is 0 Å². The molecule has 0 aliphatic heterocycles. The van der Waals surface area contributed by atoms with E-state index >= 15 is 0 Å². The van der Waals surface area contributed by atoms with Crippen molar-refractivity contribution in [2.24, 2.45) is 17.6 Å². The SMILES string of the molecule is CCC1CCC(CN)(N(CC)CC(C)C)C1. The van der Waals surface area contributed by atoms with Crippen LogP contribution in [0.1, 0.15) is 53.4 Å². The van der Waals surface area contributed by atoms with Gasteiger partial charge in [0.25, 0.3) is 0 Å². The Kier molecular flexibility index (Phi) is 5.26. The van der Waals surface area contributed by atoms with E-state index in [4.69, 9.17) is 5.73 Å². The molecule has 96 valence electrons. The smallest absolute Gasteiger partial charge is 0.0334 e. The lowest BCUT2D eigenvalue weighted by Crippen LogP contribution is -2.53. The molecule has 0 heterocycles. The summed E-state index contributed by atoms with van der Waals surface area (Å²) in [6, 6.07) is 0. The van der Waals surface area contributed by atoms with Gasteiger partial charge in [0.15, 0.2) is 0 Å². The highest BCUT2D eigenvalue weighted by molar-refractivity contribution is 4.98. The molecule has 1 rings (SSSR count). The Morgan fingerprint density at radius 2 is 2.06 bits per heavy atom. The third kappa shape index (κ3) is 2.98. The molecule has 1 aliphatic rings. The van der Waals surface area contributed by atoms with Crippen LogP contribution >= 0.6 is 0 Å². The number of hydrogen-bond acceptors (Lipinski definition) is 2. The predicted molar refractivity (Wildman–Crippen MR) is 71.5 cm³/mol. The van der Waals surface area contributed by atoms with Crippen molar-refractivity contribution in [3.63, 3.8) is 0 Å². The van der Waals surface area contributed by atoms with E-state index in [1.807, 2.05) is 0 Å². The van der Waals surface area contributed by atoms with Crippen LogP contribution in [0.5, 0.6) is 0 Å². The normalized spacial score (nSPS) is 30.6. The van der Waals surface area contributed by atoms with Crippen LogP contribution in [-0.4, -0.2) is 30.1 Å². The van der Waals surface area contributed by atoms with Crippen LogP contribution in [0.2, 0.25) is 0 Å². The monoisotopic (exact) mass is 226 g/mol. The number of likely N-dealkylation sites (N-methyl/N-ethyl adjacent to an activating group) is 1. The van der Waals surface area contributed by atoms with Gasteiger partial charge in [0, 0.05) is 18.6 Å². The van der Waals surface area contributed by atoms with Crippen LogP contribution in [0.3, 0.4) is 0 Å². The number of nitrogens with two attached hydrogens (primary N) is 1. The van der Waals surface area contributed by atoms with Crippen molar-refractivity contribution >= 4 is 0 Å². The summed E-state index contributed by atoms with van der Waals surface area (Å²) < 4.78 is 0. The minimum absolute atomic E-state index is 0.319. The Hall–Kier alpha value is -0.0800. The summed E-state index contributed by atoms with van der Waals surface area (Å²) in [5.74, 6) is 1.65. The second-order valence-corrected chi connectivity index (χ2v) is 5.88. The molecule has 1 aliphatic carbocycles. The van der Waals surface area contributed by atoms with E-state index in [0.29, 0.717) is 5.54 Å². The van der Waals surface area contributed by atoms with Crippen molar-refractivity contribution in [1.82, 2.24) is 4.90 Å². The summed E-state index contributed by atoms with van der Waals surface area (Å²) in [4.78, 5) is 2.65. The molecule has 2 heteroatoms. The molecule has 0 bridgehead atoms. The first kappa shape index (κ1) is 14.0. The minimum atomic E-state index is 0.319. The summed E-state index contributed by atoms with van der Waals surface area (Å²) in [7, 11) is 0. The highest BCUT2D eigenvalue weighted by atomic mass is 15.2. The molecular formula is C14H30N2. The van der Waals surface area contributed by atoms with E-state index in [-0.39, 0.29) is 0 Å². The van der Waals surface area contributed by atoms with Crippen LogP contribution in [0.4, 0.5) is 0 Å². The first-order valence-corrected chi connectivity index (χ1v) is 7.03. The zero-order valence-corrected chi connectivity index (χ0v) is 11.6. The van der Waals surface area contributed by atoms with Gasteiger partial charge in [-0.25, -0.2) is 0 Å². The fourth-order valence-electron chi connectivity index (χ4n) is 3.26. The van der Waals surface area contributed by atoms with Crippen LogP contribution in [-0.2, 0) is 0 Å². The van der Waals surface area contributed by atoms with Crippen molar-refractivity contribution in [3.8, 4) is 0 Å². The number of rotatable bonds is 6. The molecular weight excluding hydrogens is 196 g/mol. The Morgan fingerprint density at radius 3 is 2.44 bits per heavy atom. The molecule has 2 atom stereocenters. The van der Waals surface area contributed by atoms with E-state index < -0.39 is 0 Å². The molecule has 1 saturated carbocycles. The standard InChI is InChI=1S/C14H30N2/c1-5-13-7-8-14(9-13,11-15)16(6-2)10-12(3)4/h12-13H,5-11,15H2,1-4H3. The van der Waals surface area contributed by atoms with Gasteiger partial charge in [0.2, 0.25) is 0 Å². The summed E-state index contributed by atoms with van der Waals surface area (Å²) in [6.45, 7) is 12.4. The molecule has 2 nitrogen and oxygen atoms in total. The van der Waals surface area contributed by atoms with Gasteiger partial charge in [0.1, 0.15) is 0 Å². The Labute approximate surface area is 102 Å². The molecule has 0 amide bonds. The van der Waals surface area contributed by atoms with E-state index in [9.17, 15) is 0 Å². The zero-order valence-electron chi connectivity index (χ0n) is 11.6. The van der Waals surface area contributed by atoms with Gasteiger partial charge in [0.05, 0.1) is 0 Å². The van der Waals surface area contributed by atoms with Crippen molar-refractivity contribution in [3.05, 3.63) is 0 Å². The van der Waals surface area contributed by atoms with Gasteiger partial charge in [-0.3, -0.25) is 4.90 Å². The number of nitrogens with zero attached hydrogens (tertiary/aromatic N) is 1. The maximum Gasteiger partial charge on any atom is 0.0334 e. The molecule has 16 heavy (non-hydrogen) atoms. The maximum atomic E-state index is 6.10. The summed E-state index contributed by atoms with van der Waals surface area (Å²) in [6.07, 6.45) is 5.33. The third-order valence-electron chi connectivity index (χ3n) is 4.28. The predicted octanol–water partition coefficient (Wildman–Crippen LogP) is 2.87. The van der Waals surface area contributed by atoms with Gasteiger partial charge in [-0.15, -0.1) is 0 Å². The molecule has 0 aromatic carbocycles. The Balaban J connectivity index is 2.70. The molecule has 0 radical (unpaired) electrons. The molecule has 2 unspecified atom stereocenters. The Morgan fingerprint density at radius 1 is 1.38 bits per heavy atom. The van der Waals surface area contributed by atoms with Crippen LogP contribution in [0, 0.1) is 11.8 Å². The topological polar surface area (TPSA) is 29.3 Å². The van der Waals surface area contributed by atoms with E-state index in [1.54, 1.807) is 0 Å². The van der Waals surface area contributed by atoms with Gasteiger partial charge in [-0.1, -0.05) is 34.1 Å². The average Bonchev–Trinajstić information content (AvgIpc) is 2.70. The lowest BCUT2D eigenvalue weighted by molar-refractivity contribution is 0.0875. The third-order valence-corrected chi connectivity index (χ3v) is 4.28. The van der Waals surface area contributed by atoms with Gasteiger partial charge in [-0.2, -0.15) is 0 Å². The minimum Gasteiger partial charge on any atom is -0.329 e. The van der Waals surface area contributed by atoms with E-state index in [0.717, 1.165) is 24.9 Å². The van der Waals surface area contributed by atoms with Gasteiger partial charge < -0.3 is 5.73 Å². The lowest BCUT2D eigenvalue weighted by Gasteiger charge is -2.41. The second-order valence-electron chi connectivity index (χ2n) is 5.88. The highest BCUT2D eigenvalue weighted by Gasteiger charge is 2.41. The van der Waals surface area contributed by atoms with Crippen LogP contribution < -0.4 is 5.73 Å². The number of hydrogen-bond donors (Lipinski definition) is 1. The van der Waals surface area contributed by atoms with Gasteiger partial charge in [-0.05, 0) is 37.6 Å². The first-order chi connectivity index (χ1) is 7.57. The molecule has 0 aromatic heterocycles.